The predicted octanol–water partition coefficient (Wildman–Crippen LogP) is 1.22. The fraction of sp³-hybridized carbons (Fsp3) is 0. The molecule has 1 atom stereocenters. The molecule has 4 heavy (non-hydrogen) atoms. The Kier molecular flexibility index (Phi) is 639. The molecule has 0 aromatic rings. The van der Waals surface area contributed by atoms with Crippen LogP contribution >= 0.6 is 9.90 Å². The second-order valence-corrected chi connectivity index (χ2v) is 0. The van der Waals surface area contributed by atoms with Gasteiger partial charge in [-0.3, -0.25) is 0 Å². The van der Waals surface area contributed by atoms with E-state index < -0.39 is 0 Å². The average Bonchev–Trinajstić information content (AvgIpc) is 0. The first kappa shape index (κ1) is 74.9. The summed E-state index contributed by atoms with van der Waals surface area (Å²) in [5, 5.41) is 0. The minimum absolute atomic E-state index is 0. The van der Waals surface area contributed by atoms with Crippen molar-refractivity contribution in [1.29, 1.82) is 0 Å². The minimum Gasteiger partial charge on any atom is -0.693 e. The van der Waals surface area contributed by atoms with Crippen molar-refractivity contribution in [2.75, 3.05) is 0 Å². The number of hydrogen-bond donors (Lipinski definition) is 0. The van der Waals surface area contributed by atoms with E-state index in [9.17, 15) is 0 Å². The van der Waals surface area contributed by atoms with E-state index >= 15 is 0 Å². The van der Waals surface area contributed by atoms with E-state index in [0.717, 1.165) is 0 Å². The van der Waals surface area contributed by atoms with Crippen molar-refractivity contribution in [1.82, 2.24) is 0 Å². The van der Waals surface area contributed by atoms with Crippen molar-refractivity contribution in [3.05, 3.63) is 13.6 Å². The fourth-order valence-electron chi connectivity index (χ4n) is 0. The molecule has 0 aliphatic heterocycles. The normalized spacial score (nSPS) is 0. The van der Waals surface area contributed by atoms with E-state index in [-0.39, 0.29) is 43.9 Å². The van der Waals surface area contributed by atoms with Crippen LogP contribution in [0, 0.1) is 7.43 Å². The molecule has 0 aliphatic rings. The van der Waals surface area contributed by atoms with Gasteiger partial charge in [-0.1, -0.05) is 0 Å². The Balaban J connectivity index is 0. The molecule has 0 rings (SSSR count). The Morgan fingerprint density at radius 2 is 1.00 bits per heavy atom. The molecular weight excluding hydrogens is 163 g/mol. The van der Waals surface area contributed by atoms with E-state index in [1.807, 2.05) is 0 Å². The van der Waals surface area contributed by atoms with Crippen molar-refractivity contribution in [2.24, 2.45) is 0 Å². The molecule has 0 aromatic heterocycles. The zero-order chi connectivity index (χ0) is 0. The Morgan fingerprint density at radius 1 is 1.00 bits per heavy atom. The first-order valence-electron chi connectivity index (χ1n) is 0. The second-order valence-electron chi connectivity index (χ2n) is 0. The minimum atomic E-state index is 0. The van der Waals surface area contributed by atoms with Crippen molar-refractivity contribution in [2.45, 2.75) is 0 Å². The van der Waals surface area contributed by atoms with Crippen LogP contribution in [0.1, 0.15) is 0 Å². The van der Waals surface area contributed by atoms with E-state index in [1.54, 1.807) is 0 Å². The summed E-state index contributed by atoms with van der Waals surface area (Å²) in [6.07, 6.45) is 0. The van der Waals surface area contributed by atoms with E-state index in [1.165, 1.54) is 0 Å². The summed E-state index contributed by atoms with van der Waals surface area (Å²) < 4.78 is 0. The maximum Gasteiger partial charge on any atom is 2.00 e. The van der Waals surface area contributed by atoms with Gasteiger partial charge in [0.15, 0.2) is 0 Å². The number of nitrogens with two attached hydrogens (primary N) is 1. The van der Waals surface area contributed by atoms with Gasteiger partial charge in [0, 0.05) is 0 Å². The van der Waals surface area contributed by atoms with Crippen LogP contribution in [0.4, 0.5) is 0 Å². The van der Waals surface area contributed by atoms with Crippen LogP contribution in [0.3, 0.4) is 0 Å². The molecule has 0 saturated heterocycles. The summed E-state index contributed by atoms with van der Waals surface area (Å²) in [4.78, 5) is 0. The monoisotopic (exact) mass is 171 g/mol. The van der Waals surface area contributed by atoms with Gasteiger partial charge in [0.05, 0.1) is 0 Å². The topological polar surface area (TPSA) is 33.5 Å². The van der Waals surface area contributed by atoms with Crippen LogP contribution in [0.5, 0.6) is 0 Å². The smallest absolute Gasteiger partial charge is 0.693 e. The van der Waals surface area contributed by atoms with Gasteiger partial charge in [-0.2, -0.15) is 9.90 Å². The Bertz CT molecular complexity index is 8.00. The first-order chi connectivity index (χ1) is 0. The van der Waals surface area contributed by atoms with Crippen LogP contribution in [0.25, 0.3) is 6.15 Å². The summed E-state index contributed by atoms with van der Waals surface area (Å²) in [5.74, 6) is 0. The van der Waals surface area contributed by atoms with Gasteiger partial charge in [-0.25, -0.2) is 0 Å². The molecule has 2 N–H and O–H groups in total. The van der Waals surface area contributed by atoms with Crippen LogP contribution < -0.4 is 0 Å². The second kappa shape index (κ2) is 34.1. The van der Waals surface area contributed by atoms with Crippen LogP contribution in [-0.2, 0) is 20.4 Å². The summed E-state index contributed by atoms with van der Waals surface area (Å²) in [6, 6.07) is 0. The fourth-order valence-corrected chi connectivity index (χ4v) is 0. The molecule has 0 fully saturated rings. The van der Waals surface area contributed by atoms with Crippen molar-refractivity contribution < 1.29 is 20.4 Å². The third-order valence-electron chi connectivity index (χ3n) is 0. The maximum atomic E-state index is 0. The van der Waals surface area contributed by atoms with Gasteiger partial charge >= 0.3 is 20.4 Å². The predicted molar refractivity (Wildman–Crippen MR) is 22.8 cm³/mol. The Hall–Kier alpha value is 1.05. The molecule has 0 radical (unpaired) electrons. The van der Waals surface area contributed by atoms with E-state index in [0.29, 0.717) is 0 Å². The Morgan fingerprint density at radius 3 is 1.00 bits per heavy atom. The molecule has 0 amide bonds. The molecule has 0 saturated carbocycles. The average molecular weight is 171 g/mol. The summed E-state index contributed by atoms with van der Waals surface area (Å²) in [6.45, 7) is 0. The van der Waals surface area contributed by atoms with Crippen LogP contribution in [0.2, 0.25) is 0 Å². The van der Waals surface area contributed by atoms with Crippen molar-refractivity contribution in [3.63, 3.8) is 0 Å². The van der Waals surface area contributed by atoms with Gasteiger partial charge < -0.3 is 13.6 Å². The van der Waals surface area contributed by atoms with Gasteiger partial charge in [0.1, 0.15) is 0 Å². The van der Waals surface area contributed by atoms with Gasteiger partial charge in [-0.15, -0.1) is 0 Å². The number of rotatable bonds is 0. The van der Waals surface area contributed by atoms with Crippen LogP contribution in [0.15, 0.2) is 0 Å². The molecular formula is CH8NPPd. The zero-order valence-corrected chi connectivity index (χ0v) is 5.57. The van der Waals surface area contributed by atoms with Crippen LogP contribution in [-0.4, -0.2) is 0 Å². The maximum absolute atomic E-state index is 0. The summed E-state index contributed by atoms with van der Waals surface area (Å²) in [7, 11) is 0. The molecule has 0 aliphatic carbocycles. The van der Waals surface area contributed by atoms with Gasteiger partial charge in [0.2, 0.25) is 0 Å². The largest absolute Gasteiger partial charge is 2.00 e. The molecule has 0 bridgehead atoms. The molecule has 0 aromatic carbocycles. The molecule has 1 unspecified atom stereocenters. The third kappa shape index (κ3) is 11.6. The van der Waals surface area contributed by atoms with Crippen molar-refractivity contribution in [3.8, 4) is 0 Å². The summed E-state index contributed by atoms with van der Waals surface area (Å²) >= 11 is 0. The van der Waals surface area contributed by atoms with E-state index in [4.69, 9.17) is 0 Å². The zero-order valence-electron chi connectivity index (χ0n) is 2.60. The molecule has 1 nitrogen and oxygen atoms in total. The first-order valence-corrected chi connectivity index (χ1v) is 0. The molecule has 3 heteroatoms. The van der Waals surface area contributed by atoms with Gasteiger partial charge in [0.25, 0.3) is 0 Å². The molecule has 0 heterocycles. The third-order valence-corrected chi connectivity index (χ3v) is 0. The SMILES string of the molecule is P.[CH3-].[NH2-].[Pd+2]. The standard InChI is InChI=1S/CH3.H2N.H3P.Pd/h1H3;1H2;1H3;/q2*-1;;+2. The van der Waals surface area contributed by atoms with E-state index in [2.05, 4.69) is 0 Å². The van der Waals surface area contributed by atoms with Gasteiger partial charge in [-0.05, 0) is 0 Å². The van der Waals surface area contributed by atoms with Crippen molar-refractivity contribution >= 4 is 9.90 Å². The number of hydrogen-bond acceptors (Lipinski definition) is 0. The Labute approximate surface area is 44.4 Å². The summed E-state index contributed by atoms with van der Waals surface area (Å²) in [5.41, 5.74) is 0. The molecule has 0 spiro atoms. The quantitative estimate of drug-likeness (QED) is 0.298. The molecule has 32 valence electrons.